The zero-order valence-corrected chi connectivity index (χ0v) is 38.9. The molecule has 68 heavy (non-hydrogen) atoms. The fourth-order valence-electron chi connectivity index (χ4n) is 7.57. The average Bonchev–Trinajstić information content (AvgIpc) is 3.85. The summed E-state index contributed by atoms with van der Waals surface area (Å²) in [6.45, 7) is 4.59. The number of rotatable bonds is 15. The Morgan fingerprint density at radius 1 is 0.721 bits per heavy atom. The minimum absolute atomic E-state index is 0.00593. The van der Waals surface area contributed by atoms with Crippen LogP contribution in [0.15, 0.2) is 73.1 Å². The first-order valence-corrected chi connectivity index (χ1v) is 23.0. The highest BCUT2D eigenvalue weighted by molar-refractivity contribution is 5.96. The summed E-state index contributed by atoms with van der Waals surface area (Å²) in [6, 6.07) is 8.60. The van der Waals surface area contributed by atoms with Gasteiger partial charge in [-0.1, -0.05) is 56.3 Å². The summed E-state index contributed by atoms with van der Waals surface area (Å²) in [4.78, 5) is 97.6. The highest BCUT2D eigenvalue weighted by atomic mass is 16.3. The molecular formula is C46H69N13O9. The second kappa shape index (κ2) is 27.5. The number of nitrogens with two attached hydrogens (primary N) is 3. The van der Waals surface area contributed by atoms with Crippen LogP contribution in [0.1, 0.15) is 64.0 Å². The predicted molar refractivity (Wildman–Crippen MR) is 252 cm³/mol. The van der Waals surface area contributed by atoms with Crippen molar-refractivity contribution in [3.05, 3.63) is 84.2 Å². The van der Waals surface area contributed by atoms with Crippen LogP contribution >= 0.6 is 0 Å². The number of carbonyl (C=O) groups is 7. The van der Waals surface area contributed by atoms with Crippen molar-refractivity contribution in [1.82, 2.24) is 52.3 Å². The van der Waals surface area contributed by atoms with E-state index in [2.05, 4.69) is 47.6 Å². The molecule has 22 heteroatoms. The van der Waals surface area contributed by atoms with Crippen molar-refractivity contribution in [1.29, 1.82) is 0 Å². The van der Waals surface area contributed by atoms with Crippen LogP contribution in [0.5, 0.6) is 0 Å². The van der Waals surface area contributed by atoms with Crippen molar-refractivity contribution in [2.75, 3.05) is 26.2 Å². The topological polar surface area (TPSA) is 352 Å². The Bertz CT molecular complexity index is 2090. The van der Waals surface area contributed by atoms with E-state index in [9.17, 15) is 43.8 Å². The van der Waals surface area contributed by atoms with Crippen LogP contribution in [0.2, 0.25) is 0 Å². The van der Waals surface area contributed by atoms with E-state index in [1.807, 2.05) is 13.8 Å². The van der Waals surface area contributed by atoms with Gasteiger partial charge in [0.25, 0.3) is 0 Å². The van der Waals surface area contributed by atoms with E-state index in [0.29, 0.717) is 11.1 Å². The van der Waals surface area contributed by atoms with Crippen LogP contribution < -0.4 is 59.7 Å². The maximum atomic E-state index is 14.3. The fourth-order valence-corrected chi connectivity index (χ4v) is 7.57. The Kier molecular flexibility index (Phi) is 22.0. The number of nitrogens with zero attached hydrogens (tertiary/aromatic N) is 2. The lowest BCUT2D eigenvalue weighted by Crippen LogP contribution is -2.62. The first-order chi connectivity index (χ1) is 32.5. The van der Waals surface area contributed by atoms with Gasteiger partial charge in [-0.25, -0.2) is 4.68 Å². The molecule has 372 valence electrons. The van der Waals surface area contributed by atoms with Crippen molar-refractivity contribution in [2.24, 2.45) is 23.1 Å². The molecule has 2 aromatic carbocycles. The number of carbonyl (C=O) groups excluding carboxylic acids is 7. The molecule has 1 aromatic heterocycles. The molecule has 9 atom stereocenters. The van der Waals surface area contributed by atoms with E-state index in [1.165, 1.54) is 6.92 Å². The largest absolute Gasteiger partial charge is 0.391 e. The van der Waals surface area contributed by atoms with Gasteiger partial charge in [0.15, 0.2) is 0 Å². The lowest BCUT2D eigenvalue weighted by molar-refractivity contribution is -0.135. The quantitative estimate of drug-likeness (QED) is 0.0716. The van der Waals surface area contributed by atoms with E-state index < -0.39 is 96.0 Å². The number of aromatic nitrogens is 2. The van der Waals surface area contributed by atoms with E-state index >= 15 is 0 Å². The van der Waals surface area contributed by atoms with Crippen molar-refractivity contribution < 1.29 is 43.8 Å². The van der Waals surface area contributed by atoms with Gasteiger partial charge in [0.1, 0.15) is 42.5 Å². The summed E-state index contributed by atoms with van der Waals surface area (Å²) >= 11 is 0. The zero-order valence-electron chi connectivity index (χ0n) is 38.9. The molecule has 7 amide bonds. The second-order valence-electron chi connectivity index (χ2n) is 17.2. The number of benzene rings is 2. The molecule has 1 aliphatic rings. The van der Waals surface area contributed by atoms with E-state index in [0.717, 1.165) is 5.69 Å². The summed E-state index contributed by atoms with van der Waals surface area (Å²) in [5.74, 6) is -5.30. The van der Waals surface area contributed by atoms with Crippen LogP contribution in [0.3, 0.4) is 0 Å². The third-order valence-electron chi connectivity index (χ3n) is 11.2. The predicted octanol–water partition coefficient (Wildman–Crippen LogP) is -3.16. The summed E-state index contributed by atoms with van der Waals surface area (Å²) in [5, 5.41) is 47.7. The fraction of sp³-hybridized carbons (Fsp3) is 0.522. The maximum Gasteiger partial charge on any atom is 0.243 e. The van der Waals surface area contributed by atoms with Gasteiger partial charge >= 0.3 is 0 Å². The molecule has 0 aliphatic carbocycles. The van der Waals surface area contributed by atoms with Gasteiger partial charge in [-0.05, 0) is 93.9 Å². The Morgan fingerprint density at radius 3 is 1.88 bits per heavy atom. The molecule has 1 saturated heterocycles. The van der Waals surface area contributed by atoms with Gasteiger partial charge in [-0.3, -0.25) is 38.9 Å². The number of hydrogen-bond donors (Lipinski definition) is 13. The number of aliphatic hydroxyl groups excluding tert-OH is 2. The van der Waals surface area contributed by atoms with Crippen LogP contribution in [0.4, 0.5) is 0 Å². The maximum absolute atomic E-state index is 14.3. The lowest BCUT2D eigenvalue weighted by atomic mass is 10.00. The molecule has 0 bridgehead atoms. The second-order valence-corrected chi connectivity index (χ2v) is 17.2. The standard InChI is InChI=1S/C46H69N13O9/c1-27(2)24-36-44(66)55-32(14-18-47)40(62)54-34(16-20-49)43(65)58-39(28(3)60)46(68)50-22-17-35(52-38(61)26-30-10-12-31(13-11-30)59-23-7-21-51-59)42(64)53-33(15-19-48)41(63)57-37(45(67)56-36)25-29-8-5-4-6-9-29/h4-13,21,23,27-28,32-37,39,43,58,60,65H,14-20,22,24-26,47-49H2,1-3H3,(H,50,68)(H,52,61)(H,53,64)(H,54,62)(H,55,66)(H,56,67)(H,57,63)/t28-,32+,33+,34+,35+,36+,37-,39+,43?/m1/s1. The van der Waals surface area contributed by atoms with Crippen molar-refractivity contribution in [2.45, 2.75) is 120 Å². The van der Waals surface area contributed by atoms with Gasteiger partial charge in [0.2, 0.25) is 41.4 Å². The molecular weight excluding hydrogens is 879 g/mol. The van der Waals surface area contributed by atoms with Gasteiger partial charge in [0, 0.05) is 25.4 Å². The third kappa shape index (κ3) is 17.1. The highest BCUT2D eigenvalue weighted by Gasteiger charge is 2.35. The number of aliphatic hydroxyl groups is 2. The van der Waals surface area contributed by atoms with Crippen LogP contribution in [-0.4, -0.2) is 142 Å². The molecule has 1 aliphatic heterocycles. The molecule has 0 radical (unpaired) electrons. The normalized spacial score (nSPS) is 24.7. The summed E-state index contributed by atoms with van der Waals surface area (Å²) in [6.07, 6.45) is -0.0493. The number of nitrogens with one attached hydrogen (secondary N) is 8. The Balaban J connectivity index is 1.71. The third-order valence-corrected chi connectivity index (χ3v) is 11.2. The van der Waals surface area contributed by atoms with Crippen LogP contribution in [0, 0.1) is 5.92 Å². The van der Waals surface area contributed by atoms with Crippen LogP contribution in [-0.2, 0) is 46.4 Å². The number of hydrogen-bond acceptors (Lipinski definition) is 14. The Labute approximate surface area is 396 Å². The molecule has 1 unspecified atom stereocenters. The monoisotopic (exact) mass is 948 g/mol. The molecule has 22 nitrogen and oxygen atoms in total. The average molecular weight is 948 g/mol. The SMILES string of the molecule is CC(C)C[C@@H]1NC(=O)[C@@H](Cc2ccccc2)NC(=O)[C@H](CCN)NC(=O)[C@@H](NC(=O)Cc2ccc(-n3cccn3)cc2)CCNC(=O)[C@H]([C@@H](C)O)NC(O)[C@H](CCN)NC(=O)[C@H](CCN)NC1=O. The van der Waals surface area contributed by atoms with Gasteiger partial charge in [-0.2, -0.15) is 5.10 Å². The molecule has 0 spiro atoms. The van der Waals surface area contributed by atoms with E-state index in [-0.39, 0.29) is 77.0 Å². The molecule has 3 aromatic rings. The lowest BCUT2D eigenvalue weighted by Gasteiger charge is -2.31. The minimum Gasteiger partial charge on any atom is -0.391 e. The summed E-state index contributed by atoms with van der Waals surface area (Å²) < 4.78 is 1.65. The van der Waals surface area contributed by atoms with Gasteiger partial charge < -0.3 is 64.6 Å². The van der Waals surface area contributed by atoms with Gasteiger partial charge in [0.05, 0.1) is 24.3 Å². The molecule has 16 N–H and O–H groups in total. The first kappa shape index (κ1) is 54.3. The van der Waals surface area contributed by atoms with Gasteiger partial charge in [-0.15, -0.1) is 0 Å². The molecule has 4 rings (SSSR count). The van der Waals surface area contributed by atoms with E-state index in [1.54, 1.807) is 77.7 Å². The zero-order chi connectivity index (χ0) is 49.8. The molecule has 2 heterocycles. The van der Waals surface area contributed by atoms with Crippen LogP contribution in [0.25, 0.3) is 5.69 Å². The van der Waals surface area contributed by atoms with Crippen molar-refractivity contribution in [3.63, 3.8) is 0 Å². The summed E-state index contributed by atoms with van der Waals surface area (Å²) in [5.41, 5.74) is 19.7. The van der Waals surface area contributed by atoms with Crippen molar-refractivity contribution in [3.8, 4) is 5.69 Å². The molecule has 1 fully saturated rings. The molecule has 0 saturated carbocycles. The smallest absolute Gasteiger partial charge is 0.243 e. The highest BCUT2D eigenvalue weighted by Crippen LogP contribution is 2.12. The van der Waals surface area contributed by atoms with E-state index in [4.69, 9.17) is 17.2 Å². The minimum atomic E-state index is -1.66. The first-order valence-electron chi connectivity index (χ1n) is 23.0. The summed E-state index contributed by atoms with van der Waals surface area (Å²) in [7, 11) is 0. The Morgan fingerprint density at radius 2 is 1.29 bits per heavy atom. The Hall–Kier alpha value is -6.30. The van der Waals surface area contributed by atoms with Crippen molar-refractivity contribution >= 4 is 41.4 Å². The number of amides is 7.